The van der Waals surface area contributed by atoms with Gasteiger partial charge >= 0.3 is 6.03 Å². The molecule has 6 nitrogen and oxygen atoms in total. The molecule has 2 heterocycles. The van der Waals surface area contributed by atoms with Gasteiger partial charge in [-0.15, -0.1) is 0 Å². The fourth-order valence-corrected chi connectivity index (χ4v) is 2.02. The molecule has 6 heteroatoms. The van der Waals surface area contributed by atoms with Gasteiger partial charge < -0.3 is 15.2 Å². The fourth-order valence-electron chi connectivity index (χ4n) is 2.02. The van der Waals surface area contributed by atoms with E-state index in [4.69, 9.17) is 0 Å². The van der Waals surface area contributed by atoms with E-state index >= 15 is 0 Å². The minimum absolute atomic E-state index is 0.0186. The van der Waals surface area contributed by atoms with Crippen LogP contribution in [0.3, 0.4) is 0 Å². The van der Waals surface area contributed by atoms with Crippen molar-refractivity contribution in [1.82, 2.24) is 25.0 Å². The van der Waals surface area contributed by atoms with E-state index in [9.17, 15) is 4.79 Å². The van der Waals surface area contributed by atoms with E-state index in [1.165, 1.54) is 5.69 Å². The maximum Gasteiger partial charge on any atom is 0.315 e. The molecule has 2 rings (SSSR count). The normalized spacial score (nSPS) is 12.2. The first-order chi connectivity index (χ1) is 9.56. The minimum atomic E-state index is -0.163. The summed E-state index contributed by atoms with van der Waals surface area (Å²) in [4.78, 5) is 11.8. The molecule has 0 aliphatic heterocycles. The van der Waals surface area contributed by atoms with E-state index in [0.717, 1.165) is 5.69 Å². The number of amides is 2. The van der Waals surface area contributed by atoms with Crippen LogP contribution in [-0.2, 0) is 20.1 Å². The van der Waals surface area contributed by atoms with Crippen LogP contribution in [0.15, 0.2) is 30.6 Å². The lowest BCUT2D eigenvalue weighted by Gasteiger charge is -2.15. The third-order valence-electron chi connectivity index (χ3n) is 3.30. The van der Waals surface area contributed by atoms with Crippen molar-refractivity contribution < 1.29 is 4.79 Å². The van der Waals surface area contributed by atoms with Crippen LogP contribution in [0.2, 0.25) is 0 Å². The van der Waals surface area contributed by atoms with Crippen molar-refractivity contribution >= 4 is 6.03 Å². The number of nitrogens with zero attached hydrogens (tertiary/aromatic N) is 3. The first-order valence-electron chi connectivity index (χ1n) is 6.69. The highest BCUT2D eigenvalue weighted by Crippen LogP contribution is 2.04. The van der Waals surface area contributed by atoms with Gasteiger partial charge in [0.25, 0.3) is 0 Å². The number of aromatic nitrogens is 3. The molecule has 0 radical (unpaired) electrons. The van der Waals surface area contributed by atoms with E-state index in [-0.39, 0.29) is 12.1 Å². The molecule has 2 amide bonds. The molecule has 0 spiro atoms. The molecule has 0 saturated heterocycles. The fraction of sp³-hybridized carbons (Fsp3) is 0.429. The predicted molar refractivity (Wildman–Crippen MR) is 77.2 cm³/mol. The molecule has 0 saturated carbocycles. The molecule has 2 aromatic rings. The van der Waals surface area contributed by atoms with Gasteiger partial charge in [-0.05, 0) is 32.0 Å². The summed E-state index contributed by atoms with van der Waals surface area (Å²) in [7, 11) is 1.99. The molecule has 0 aromatic carbocycles. The summed E-state index contributed by atoms with van der Waals surface area (Å²) in [5.41, 5.74) is 2.26. The Morgan fingerprint density at radius 1 is 1.45 bits per heavy atom. The van der Waals surface area contributed by atoms with Crippen molar-refractivity contribution in [2.24, 2.45) is 7.05 Å². The van der Waals surface area contributed by atoms with Gasteiger partial charge in [-0.3, -0.25) is 4.68 Å². The third-order valence-corrected chi connectivity index (χ3v) is 3.30. The number of rotatable bonds is 5. The van der Waals surface area contributed by atoms with Crippen LogP contribution < -0.4 is 10.6 Å². The van der Waals surface area contributed by atoms with E-state index in [0.29, 0.717) is 13.1 Å². The second kappa shape index (κ2) is 6.27. The maximum absolute atomic E-state index is 11.8. The van der Waals surface area contributed by atoms with Gasteiger partial charge in [-0.25, -0.2) is 4.79 Å². The van der Waals surface area contributed by atoms with Crippen molar-refractivity contribution in [3.63, 3.8) is 0 Å². The summed E-state index contributed by atoms with van der Waals surface area (Å²) in [6, 6.07) is 5.77. The number of nitrogens with one attached hydrogen (secondary N) is 2. The summed E-state index contributed by atoms with van der Waals surface area (Å²) in [5, 5.41) is 9.87. The van der Waals surface area contributed by atoms with Gasteiger partial charge in [-0.1, -0.05) is 0 Å². The maximum atomic E-state index is 11.8. The lowest BCUT2D eigenvalue weighted by molar-refractivity contribution is 0.235. The summed E-state index contributed by atoms with van der Waals surface area (Å²) >= 11 is 0. The molecule has 108 valence electrons. The van der Waals surface area contributed by atoms with Crippen molar-refractivity contribution in [1.29, 1.82) is 0 Å². The van der Waals surface area contributed by atoms with Crippen LogP contribution in [0.5, 0.6) is 0 Å². The zero-order valence-electron chi connectivity index (χ0n) is 12.1. The SMILES string of the molecule is Cc1ccc(CNC(=O)N[C@H](C)Cn2cccn2)n1C. The van der Waals surface area contributed by atoms with Crippen LogP contribution in [0.4, 0.5) is 4.79 Å². The molecule has 20 heavy (non-hydrogen) atoms. The Kier molecular flexibility index (Phi) is 4.45. The van der Waals surface area contributed by atoms with Crippen LogP contribution in [0.25, 0.3) is 0 Å². The van der Waals surface area contributed by atoms with E-state index in [1.807, 2.05) is 45.3 Å². The zero-order chi connectivity index (χ0) is 14.5. The molecule has 1 atom stereocenters. The van der Waals surface area contributed by atoms with Gasteiger partial charge in [0.15, 0.2) is 0 Å². The largest absolute Gasteiger partial charge is 0.350 e. The topological polar surface area (TPSA) is 63.9 Å². The number of hydrogen-bond acceptors (Lipinski definition) is 2. The number of carbonyl (C=O) groups excluding carboxylic acids is 1. The quantitative estimate of drug-likeness (QED) is 0.866. The van der Waals surface area contributed by atoms with Crippen molar-refractivity contribution in [2.45, 2.75) is 33.0 Å². The van der Waals surface area contributed by atoms with Crippen LogP contribution in [-0.4, -0.2) is 26.4 Å². The Hall–Kier alpha value is -2.24. The minimum Gasteiger partial charge on any atom is -0.350 e. The highest BCUT2D eigenvalue weighted by Gasteiger charge is 2.08. The third kappa shape index (κ3) is 3.63. The molecule has 2 N–H and O–H groups in total. The Bertz CT molecular complexity index is 558. The van der Waals surface area contributed by atoms with E-state index < -0.39 is 0 Å². The Morgan fingerprint density at radius 2 is 2.25 bits per heavy atom. The standard InChI is InChI=1S/C14H21N5O/c1-11(10-19-8-4-7-16-19)17-14(20)15-9-13-6-5-12(2)18(13)3/h4-8,11H,9-10H2,1-3H3,(H2,15,17,20)/t11-/m1/s1. The number of carbonyl (C=O) groups is 1. The van der Waals surface area contributed by atoms with E-state index in [2.05, 4.69) is 20.3 Å². The van der Waals surface area contributed by atoms with Gasteiger partial charge in [0, 0.05) is 36.9 Å². The zero-order valence-corrected chi connectivity index (χ0v) is 12.1. The molecule has 0 fully saturated rings. The lowest BCUT2D eigenvalue weighted by atomic mass is 10.3. The van der Waals surface area contributed by atoms with Crippen molar-refractivity contribution in [3.8, 4) is 0 Å². The van der Waals surface area contributed by atoms with Crippen LogP contribution in [0, 0.1) is 6.92 Å². The highest BCUT2D eigenvalue weighted by molar-refractivity contribution is 5.74. The summed E-state index contributed by atoms with van der Waals surface area (Å²) in [6.07, 6.45) is 3.60. The summed E-state index contributed by atoms with van der Waals surface area (Å²) < 4.78 is 3.86. The average Bonchev–Trinajstić information content (AvgIpc) is 3.00. The molecule has 0 aliphatic rings. The average molecular weight is 275 g/mol. The van der Waals surface area contributed by atoms with Gasteiger partial charge in [0.1, 0.15) is 0 Å². The number of aryl methyl sites for hydroxylation is 1. The summed E-state index contributed by atoms with van der Waals surface area (Å²) in [5.74, 6) is 0. The molecular weight excluding hydrogens is 254 g/mol. The van der Waals surface area contributed by atoms with Crippen molar-refractivity contribution in [3.05, 3.63) is 42.0 Å². The molecule has 2 aromatic heterocycles. The second-order valence-corrected chi connectivity index (χ2v) is 4.98. The van der Waals surface area contributed by atoms with Crippen LogP contribution >= 0.6 is 0 Å². The first kappa shape index (κ1) is 14.2. The molecular formula is C14H21N5O. The van der Waals surface area contributed by atoms with Gasteiger partial charge in [0.2, 0.25) is 0 Å². The van der Waals surface area contributed by atoms with Crippen molar-refractivity contribution in [2.75, 3.05) is 0 Å². The Labute approximate surface area is 118 Å². The lowest BCUT2D eigenvalue weighted by Crippen LogP contribution is -2.42. The monoisotopic (exact) mass is 275 g/mol. The number of hydrogen-bond donors (Lipinski definition) is 2. The molecule has 0 aliphatic carbocycles. The smallest absolute Gasteiger partial charge is 0.315 e. The van der Waals surface area contributed by atoms with Gasteiger partial charge in [0.05, 0.1) is 13.1 Å². The number of urea groups is 1. The molecule has 0 unspecified atom stereocenters. The predicted octanol–water partition coefficient (Wildman–Crippen LogP) is 1.42. The first-order valence-corrected chi connectivity index (χ1v) is 6.69. The Morgan fingerprint density at radius 3 is 2.85 bits per heavy atom. The highest BCUT2D eigenvalue weighted by atomic mass is 16.2. The Balaban J connectivity index is 1.76. The summed E-state index contributed by atoms with van der Waals surface area (Å²) in [6.45, 7) is 5.16. The van der Waals surface area contributed by atoms with Crippen LogP contribution in [0.1, 0.15) is 18.3 Å². The van der Waals surface area contributed by atoms with E-state index in [1.54, 1.807) is 10.9 Å². The second-order valence-electron chi connectivity index (χ2n) is 4.98. The van der Waals surface area contributed by atoms with Gasteiger partial charge in [-0.2, -0.15) is 5.10 Å². The molecule has 0 bridgehead atoms.